The molecule has 3 nitrogen and oxygen atoms in total. The summed E-state index contributed by atoms with van der Waals surface area (Å²) in [5.74, 6) is 0. The predicted octanol–water partition coefficient (Wildman–Crippen LogP) is 3.09. The minimum absolute atomic E-state index is 0.00409. The van der Waals surface area contributed by atoms with Gasteiger partial charge in [-0.2, -0.15) is 4.58 Å². The number of hydrogen-bond donors (Lipinski definition) is 0. The second kappa shape index (κ2) is 6.09. The third-order valence-electron chi connectivity index (χ3n) is 4.83. The lowest BCUT2D eigenvalue weighted by molar-refractivity contribution is -0.401. The van der Waals surface area contributed by atoms with Crippen LogP contribution in [-0.2, 0) is 10.2 Å². The zero-order valence-corrected chi connectivity index (χ0v) is 13.6. The molecule has 3 rings (SSSR count). The van der Waals surface area contributed by atoms with Gasteiger partial charge in [0.1, 0.15) is 7.05 Å². The van der Waals surface area contributed by atoms with E-state index in [1.807, 2.05) is 6.08 Å². The molecule has 0 bridgehead atoms. The van der Waals surface area contributed by atoms with Crippen LogP contribution in [0.15, 0.2) is 49.2 Å². The Bertz CT molecular complexity index is 626. The third kappa shape index (κ3) is 2.50. The maximum Gasteiger partial charge on any atom is 0.209 e. The highest BCUT2D eigenvalue weighted by Gasteiger charge is 2.45. The first kappa shape index (κ1) is 15.0. The van der Waals surface area contributed by atoms with E-state index < -0.39 is 0 Å². The minimum atomic E-state index is -0.00409. The number of rotatable bonds is 4. The van der Waals surface area contributed by atoms with Gasteiger partial charge in [0, 0.05) is 37.0 Å². The van der Waals surface area contributed by atoms with Crippen LogP contribution in [-0.4, -0.2) is 48.5 Å². The van der Waals surface area contributed by atoms with Crippen LogP contribution in [0.5, 0.6) is 0 Å². The van der Waals surface area contributed by atoms with Crippen LogP contribution in [0, 0.1) is 0 Å². The third-order valence-corrected chi connectivity index (χ3v) is 4.83. The van der Waals surface area contributed by atoms with Crippen molar-refractivity contribution in [2.24, 2.45) is 0 Å². The molecular formula is C19H25N2O+. The lowest BCUT2D eigenvalue weighted by Gasteiger charge is -2.25. The SMILES string of the molecule is C=CCC1(C)C(/C=C/N2CCOCC2)=[N+](C)c2ccccc21. The number of para-hydroxylation sites is 1. The van der Waals surface area contributed by atoms with Gasteiger partial charge in [-0.3, -0.25) is 0 Å². The van der Waals surface area contributed by atoms with Crippen LogP contribution in [0.4, 0.5) is 5.69 Å². The van der Waals surface area contributed by atoms with Gasteiger partial charge < -0.3 is 9.64 Å². The van der Waals surface area contributed by atoms with Crippen molar-refractivity contribution in [3.05, 3.63) is 54.8 Å². The van der Waals surface area contributed by atoms with E-state index in [1.54, 1.807) is 0 Å². The van der Waals surface area contributed by atoms with Crippen LogP contribution in [0.2, 0.25) is 0 Å². The lowest BCUT2D eigenvalue weighted by atomic mass is 9.76. The molecule has 0 amide bonds. The van der Waals surface area contributed by atoms with Crippen LogP contribution in [0.25, 0.3) is 0 Å². The van der Waals surface area contributed by atoms with E-state index in [2.05, 4.69) is 66.6 Å². The molecule has 0 saturated carbocycles. The molecule has 1 aromatic carbocycles. The maximum absolute atomic E-state index is 5.42. The molecular weight excluding hydrogens is 272 g/mol. The highest BCUT2D eigenvalue weighted by molar-refractivity contribution is 6.03. The monoisotopic (exact) mass is 297 g/mol. The Labute approximate surface area is 133 Å². The van der Waals surface area contributed by atoms with Gasteiger partial charge in [0.15, 0.2) is 5.71 Å². The van der Waals surface area contributed by atoms with E-state index in [9.17, 15) is 0 Å². The normalized spacial score (nSPS) is 24.9. The Morgan fingerprint density at radius 2 is 2.05 bits per heavy atom. The van der Waals surface area contributed by atoms with E-state index in [4.69, 9.17) is 4.74 Å². The quantitative estimate of drug-likeness (QED) is 0.627. The van der Waals surface area contributed by atoms with Crippen molar-refractivity contribution in [3.8, 4) is 0 Å². The second-order valence-corrected chi connectivity index (χ2v) is 6.25. The number of morpholine rings is 1. The van der Waals surface area contributed by atoms with Crippen molar-refractivity contribution in [2.75, 3.05) is 33.4 Å². The molecule has 1 aromatic rings. The average molecular weight is 297 g/mol. The fraction of sp³-hybridized carbons (Fsp3) is 0.421. The highest BCUT2D eigenvalue weighted by Crippen LogP contribution is 2.41. The van der Waals surface area contributed by atoms with E-state index in [-0.39, 0.29) is 5.41 Å². The van der Waals surface area contributed by atoms with Gasteiger partial charge in [0.05, 0.1) is 18.6 Å². The lowest BCUT2D eigenvalue weighted by Crippen LogP contribution is -2.34. The van der Waals surface area contributed by atoms with Crippen LogP contribution in [0.1, 0.15) is 18.9 Å². The molecule has 3 heteroatoms. The number of hydrogen-bond acceptors (Lipinski definition) is 2. The fourth-order valence-electron chi connectivity index (χ4n) is 3.57. The minimum Gasteiger partial charge on any atom is -0.378 e. The summed E-state index contributed by atoms with van der Waals surface area (Å²) in [4.78, 5) is 2.33. The maximum atomic E-state index is 5.42. The molecule has 0 radical (unpaired) electrons. The first-order valence-corrected chi connectivity index (χ1v) is 7.98. The van der Waals surface area contributed by atoms with E-state index in [0.29, 0.717) is 0 Å². The molecule has 0 aromatic heterocycles. The number of benzene rings is 1. The summed E-state index contributed by atoms with van der Waals surface area (Å²) in [6.07, 6.45) is 7.46. The molecule has 2 aliphatic heterocycles. The van der Waals surface area contributed by atoms with E-state index in [1.165, 1.54) is 17.0 Å². The number of fused-ring (bicyclic) bond motifs is 1. The van der Waals surface area contributed by atoms with Gasteiger partial charge in [0.2, 0.25) is 5.69 Å². The van der Waals surface area contributed by atoms with Gasteiger partial charge >= 0.3 is 0 Å². The largest absolute Gasteiger partial charge is 0.378 e. The topological polar surface area (TPSA) is 15.5 Å². The van der Waals surface area contributed by atoms with Crippen molar-refractivity contribution in [3.63, 3.8) is 0 Å². The molecule has 0 spiro atoms. The Hall–Kier alpha value is -1.87. The summed E-state index contributed by atoms with van der Waals surface area (Å²) >= 11 is 0. The molecule has 2 aliphatic rings. The Morgan fingerprint density at radius 3 is 2.77 bits per heavy atom. The molecule has 1 atom stereocenters. The van der Waals surface area contributed by atoms with Crippen molar-refractivity contribution < 1.29 is 9.31 Å². The van der Waals surface area contributed by atoms with Gasteiger partial charge in [-0.05, 0) is 13.3 Å². The molecule has 2 heterocycles. The van der Waals surface area contributed by atoms with Crippen molar-refractivity contribution >= 4 is 11.4 Å². The highest BCUT2D eigenvalue weighted by atomic mass is 16.5. The molecule has 0 N–H and O–H groups in total. The van der Waals surface area contributed by atoms with Gasteiger partial charge in [-0.15, -0.1) is 6.58 Å². The van der Waals surface area contributed by atoms with Crippen molar-refractivity contribution in [1.29, 1.82) is 0 Å². The standard InChI is InChI=1S/C19H25N2O/c1-4-10-19(2)16-7-5-6-8-17(16)20(3)18(19)9-11-21-12-14-22-15-13-21/h4-9,11H,1,10,12-15H2,2-3H3/q+1. The summed E-state index contributed by atoms with van der Waals surface area (Å²) in [5.41, 5.74) is 4.02. The Morgan fingerprint density at radius 1 is 1.32 bits per heavy atom. The smallest absolute Gasteiger partial charge is 0.209 e. The molecule has 116 valence electrons. The molecule has 0 aliphatic carbocycles. The van der Waals surface area contributed by atoms with Crippen LogP contribution in [0.3, 0.4) is 0 Å². The van der Waals surface area contributed by atoms with E-state index >= 15 is 0 Å². The number of ether oxygens (including phenoxy) is 1. The zero-order valence-electron chi connectivity index (χ0n) is 13.6. The van der Waals surface area contributed by atoms with Crippen LogP contribution >= 0.6 is 0 Å². The summed E-state index contributed by atoms with van der Waals surface area (Å²) < 4.78 is 7.73. The second-order valence-electron chi connectivity index (χ2n) is 6.25. The van der Waals surface area contributed by atoms with Gasteiger partial charge in [-0.25, -0.2) is 0 Å². The Kier molecular flexibility index (Phi) is 4.16. The summed E-state index contributed by atoms with van der Waals surface area (Å²) in [5, 5.41) is 0. The fourth-order valence-corrected chi connectivity index (χ4v) is 3.57. The van der Waals surface area contributed by atoms with Gasteiger partial charge in [-0.1, -0.05) is 24.3 Å². The van der Waals surface area contributed by atoms with Gasteiger partial charge in [0.25, 0.3) is 0 Å². The number of nitrogens with zero attached hydrogens (tertiary/aromatic N) is 2. The molecule has 1 saturated heterocycles. The predicted molar refractivity (Wildman–Crippen MR) is 91.0 cm³/mol. The molecule has 1 unspecified atom stereocenters. The summed E-state index contributed by atoms with van der Waals surface area (Å²) in [6.45, 7) is 9.86. The van der Waals surface area contributed by atoms with Crippen molar-refractivity contribution in [2.45, 2.75) is 18.8 Å². The molecule has 1 fully saturated rings. The molecule has 22 heavy (non-hydrogen) atoms. The average Bonchev–Trinajstić information content (AvgIpc) is 2.76. The van der Waals surface area contributed by atoms with Crippen LogP contribution < -0.4 is 0 Å². The first-order chi connectivity index (χ1) is 10.7. The summed E-state index contributed by atoms with van der Waals surface area (Å²) in [7, 11) is 2.16. The van der Waals surface area contributed by atoms with E-state index in [0.717, 1.165) is 32.7 Å². The first-order valence-electron chi connectivity index (χ1n) is 7.98. The number of allylic oxidation sites excluding steroid dienone is 2. The van der Waals surface area contributed by atoms with Crippen molar-refractivity contribution in [1.82, 2.24) is 4.90 Å². The zero-order chi connectivity index (χ0) is 15.6. The summed E-state index contributed by atoms with van der Waals surface area (Å²) in [6, 6.07) is 8.68. The Balaban J connectivity index is 1.95.